The second-order valence-electron chi connectivity index (χ2n) is 5.11. The summed E-state index contributed by atoms with van der Waals surface area (Å²) in [6, 6.07) is 0.0590. The first-order valence-corrected chi connectivity index (χ1v) is 6.64. The average molecular weight is 226 g/mol. The Balaban J connectivity index is 4.07. The molecule has 0 aliphatic carbocycles. The van der Waals surface area contributed by atoms with Crippen LogP contribution in [-0.2, 0) is 4.79 Å². The lowest BCUT2D eigenvalue weighted by Gasteiger charge is -2.20. The molecule has 0 aliphatic rings. The fourth-order valence-corrected chi connectivity index (χ4v) is 2.05. The Labute approximate surface area is 101 Å². The number of hydrogen-bond donors (Lipinski definition) is 1. The third-order valence-electron chi connectivity index (χ3n) is 2.75. The number of amides is 1. The molecule has 95 valence electrons. The first kappa shape index (κ1) is 15.5. The van der Waals surface area contributed by atoms with Crippen LogP contribution < -0.4 is 5.32 Å². The zero-order valence-corrected chi connectivity index (χ0v) is 11.4. The molecule has 1 N–H and O–H groups in total. The van der Waals surface area contributed by atoms with Crippen LogP contribution in [0.3, 0.4) is 0 Å². The van der Waals surface area contributed by atoms with E-state index in [-0.39, 0.29) is 17.9 Å². The number of nitrogens with one attached hydrogen (secondary N) is 1. The predicted octanol–water partition coefficient (Wildman–Crippen LogP) is 3.57. The molecular formula is C14H28NO. The number of carbonyl (C=O) groups is 1. The van der Waals surface area contributed by atoms with E-state index in [0.717, 1.165) is 32.1 Å². The fraction of sp³-hybridized carbons (Fsp3) is 0.857. The van der Waals surface area contributed by atoms with Gasteiger partial charge < -0.3 is 5.32 Å². The fourth-order valence-electron chi connectivity index (χ4n) is 2.05. The average Bonchev–Trinajstić information content (AvgIpc) is 2.15. The summed E-state index contributed by atoms with van der Waals surface area (Å²) < 4.78 is 0. The van der Waals surface area contributed by atoms with Crippen molar-refractivity contribution in [2.24, 2.45) is 11.8 Å². The second kappa shape index (κ2) is 8.60. The van der Waals surface area contributed by atoms with Crippen molar-refractivity contribution in [2.45, 2.75) is 65.8 Å². The molecule has 0 aromatic rings. The summed E-state index contributed by atoms with van der Waals surface area (Å²) in [7, 11) is 0. The van der Waals surface area contributed by atoms with Crippen molar-refractivity contribution in [3.05, 3.63) is 6.92 Å². The Morgan fingerprint density at radius 3 is 2.06 bits per heavy atom. The third kappa shape index (κ3) is 6.86. The molecule has 0 aliphatic heterocycles. The molecule has 2 heteroatoms. The lowest BCUT2D eigenvalue weighted by Crippen LogP contribution is -2.38. The van der Waals surface area contributed by atoms with Crippen LogP contribution >= 0.6 is 0 Å². The molecular weight excluding hydrogens is 198 g/mol. The predicted molar refractivity (Wildman–Crippen MR) is 70.0 cm³/mol. The van der Waals surface area contributed by atoms with Gasteiger partial charge in [0.2, 0.25) is 5.91 Å². The molecule has 16 heavy (non-hydrogen) atoms. The van der Waals surface area contributed by atoms with Gasteiger partial charge in [0.05, 0.1) is 0 Å². The lowest BCUT2D eigenvalue weighted by atomic mass is 9.96. The molecule has 0 unspecified atom stereocenters. The van der Waals surface area contributed by atoms with Gasteiger partial charge in [-0.1, -0.05) is 40.5 Å². The van der Waals surface area contributed by atoms with Gasteiger partial charge in [-0.25, -0.2) is 0 Å². The highest BCUT2D eigenvalue weighted by atomic mass is 16.1. The molecule has 1 radical (unpaired) electrons. The molecule has 2 nitrogen and oxygen atoms in total. The lowest BCUT2D eigenvalue weighted by molar-refractivity contribution is -0.126. The van der Waals surface area contributed by atoms with Crippen molar-refractivity contribution in [2.75, 3.05) is 0 Å². The smallest absolute Gasteiger partial charge is 0.223 e. The molecule has 0 bridgehead atoms. The van der Waals surface area contributed by atoms with Crippen molar-refractivity contribution in [1.82, 2.24) is 5.32 Å². The number of carbonyl (C=O) groups excluding carboxylic acids is 1. The van der Waals surface area contributed by atoms with Crippen molar-refractivity contribution in [3.63, 3.8) is 0 Å². The Bertz CT molecular complexity index is 183. The van der Waals surface area contributed by atoms with Crippen LogP contribution in [0.15, 0.2) is 0 Å². The molecule has 0 heterocycles. The summed E-state index contributed by atoms with van der Waals surface area (Å²) in [5, 5.41) is 3.03. The number of hydrogen-bond acceptors (Lipinski definition) is 1. The monoisotopic (exact) mass is 226 g/mol. The summed E-state index contributed by atoms with van der Waals surface area (Å²) in [4.78, 5) is 12.0. The van der Waals surface area contributed by atoms with Crippen LogP contribution in [0.2, 0.25) is 0 Å². The minimum atomic E-state index is 0.0590. The van der Waals surface area contributed by atoms with Crippen molar-refractivity contribution >= 4 is 5.91 Å². The van der Waals surface area contributed by atoms with Crippen LogP contribution in [0.4, 0.5) is 0 Å². The maximum absolute atomic E-state index is 12.0. The van der Waals surface area contributed by atoms with Gasteiger partial charge in [-0.2, -0.15) is 0 Å². The van der Waals surface area contributed by atoms with Gasteiger partial charge in [0.1, 0.15) is 0 Å². The summed E-state index contributed by atoms with van der Waals surface area (Å²) in [6.07, 6.45) is 5.09. The van der Waals surface area contributed by atoms with Crippen molar-refractivity contribution < 1.29 is 4.79 Å². The van der Waals surface area contributed by atoms with E-state index in [9.17, 15) is 4.79 Å². The van der Waals surface area contributed by atoms with E-state index in [2.05, 4.69) is 39.9 Å². The zero-order chi connectivity index (χ0) is 12.6. The molecule has 1 atom stereocenters. The largest absolute Gasteiger partial charge is 0.353 e. The van der Waals surface area contributed by atoms with E-state index in [1.165, 1.54) is 0 Å². The van der Waals surface area contributed by atoms with Crippen LogP contribution in [0.25, 0.3) is 0 Å². The molecule has 0 saturated heterocycles. The van der Waals surface area contributed by atoms with E-state index in [1.54, 1.807) is 0 Å². The van der Waals surface area contributed by atoms with E-state index in [1.807, 2.05) is 0 Å². The topological polar surface area (TPSA) is 29.1 Å². The molecule has 1 amide bonds. The van der Waals surface area contributed by atoms with Gasteiger partial charge in [-0.3, -0.25) is 4.79 Å². The van der Waals surface area contributed by atoms with E-state index >= 15 is 0 Å². The Morgan fingerprint density at radius 1 is 1.19 bits per heavy atom. The molecule has 0 fully saturated rings. The zero-order valence-electron chi connectivity index (χ0n) is 11.4. The van der Waals surface area contributed by atoms with Crippen molar-refractivity contribution in [1.29, 1.82) is 0 Å². The van der Waals surface area contributed by atoms with Gasteiger partial charge in [-0.05, 0) is 32.1 Å². The molecule has 0 aromatic heterocycles. The molecule has 0 aromatic carbocycles. The minimum absolute atomic E-state index is 0.0590. The van der Waals surface area contributed by atoms with E-state index < -0.39 is 0 Å². The van der Waals surface area contributed by atoms with E-state index in [0.29, 0.717) is 5.92 Å². The van der Waals surface area contributed by atoms with Crippen LogP contribution in [-0.4, -0.2) is 11.9 Å². The standard InChI is InChI=1S/C14H28NO/c1-6-8-13(9-7-2)14(16)15-12(5)10-11(3)4/h11-13H,5-10H2,1-4H3,(H,15,16)/t12-/m0/s1. The van der Waals surface area contributed by atoms with Gasteiger partial charge >= 0.3 is 0 Å². The van der Waals surface area contributed by atoms with Crippen LogP contribution in [0, 0.1) is 18.8 Å². The van der Waals surface area contributed by atoms with Gasteiger partial charge in [0, 0.05) is 12.0 Å². The summed E-state index contributed by atoms with van der Waals surface area (Å²) in [5.41, 5.74) is 0. The maximum Gasteiger partial charge on any atom is 0.223 e. The SMILES string of the molecule is [CH2][C@@H](CC(C)C)NC(=O)C(CCC)CCC. The highest BCUT2D eigenvalue weighted by Gasteiger charge is 2.18. The molecule has 0 spiro atoms. The quantitative estimate of drug-likeness (QED) is 0.673. The first-order valence-electron chi connectivity index (χ1n) is 6.64. The number of rotatable bonds is 8. The Kier molecular flexibility index (Phi) is 8.32. The Morgan fingerprint density at radius 2 is 1.69 bits per heavy atom. The third-order valence-corrected chi connectivity index (χ3v) is 2.75. The van der Waals surface area contributed by atoms with Crippen LogP contribution in [0.5, 0.6) is 0 Å². The van der Waals surface area contributed by atoms with Gasteiger partial charge in [0.25, 0.3) is 0 Å². The summed E-state index contributed by atoms with van der Waals surface area (Å²) >= 11 is 0. The van der Waals surface area contributed by atoms with Crippen LogP contribution in [0.1, 0.15) is 59.8 Å². The minimum Gasteiger partial charge on any atom is -0.353 e. The second-order valence-corrected chi connectivity index (χ2v) is 5.11. The molecule has 0 rings (SSSR count). The highest BCUT2D eigenvalue weighted by Crippen LogP contribution is 2.14. The normalized spacial score (nSPS) is 13.2. The summed E-state index contributed by atoms with van der Waals surface area (Å²) in [5.74, 6) is 0.967. The first-order chi connectivity index (χ1) is 7.51. The maximum atomic E-state index is 12.0. The van der Waals surface area contributed by atoms with E-state index in [4.69, 9.17) is 0 Å². The highest BCUT2D eigenvalue weighted by molar-refractivity contribution is 5.78. The van der Waals surface area contributed by atoms with Crippen molar-refractivity contribution in [3.8, 4) is 0 Å². The van der Waals surface area contributed by atoms with Gasteiger partial charge in [0.15, 0.2) is 0 Å². The van der Waals surface area contributed by atoms with Gasteiger partial charge in [-0.15, -0.1) is 0 Å². The molecule has 0 saturated carbocycles. The Hall–Kier alpha value is -0.530. The summed E-state index contributed by atoms with van der Waals surface area (Å²) in [6.45, 7) is 12.6.